The Labute approximate surface area is 132 Å². The molecule has 1 heterocycles. The van der Waals surface area contributed by atoms with Crippen LogP contribution >= 0.6 is 15.9 Å². The molecule has 21 heavy (non-hydrogen) atoms. The fourth-order valence-corrected chi connectivity index (χ4v) is 2.38. The zero-order valence-electron chi connectivity index (χ0n) is 12.5. The summed E-state index contributed by atoms with van der Waals surface area (Å²) in [7, 11) is 3.24. The van der Waals surface area contributed by atoms with Gasteiger partial charge in [-0.3, -0.25) is 4.98 Å². The van der Waals surface area contributed by atoms with Crippen LogP contribution in [-0.4, -0.2) is 24.2 Å². The van der Waals surface area contributed by atoms with Crippen LogP contribution in [0.15, 0.2) is 22.8 Å². The standard InChI is InChI=1S/C15H18BrN3O2/c1-9-7-17-10(2)15(19-9)18-8-11-5-13(20-3)14(21-4)6-12(11)16/h5-7H,8H2,1-4H3,(H,18,19). The van der Waals surface area contributed by atoms with Crippen LogP contribution in [0.2, 0.25) is 0 Å². The average molecular weight is 352 g/mol. The lowest BCUT2D eigenvalue weighted by Crippen LogP contribution is -2.06. The van der Waals surface area contributed by atoms with Gasteiger partial charge in [0.1, 0.15) is 5.82 Å². The molecule has 0 radical (unpaired) electrons. The fourth-order valence-electron chi connectivity index (χ4n) is 1.92. The topological polar surface area (TPSA) is 56.3 Å². The minimum atomic E-state index is 0.611. The van der Waals surface area contributed by atoms with Gasteiger partial charge in [0.2, 0.25) is 0 Å². The van der Waals surface area contributed by atoms with Crippen LogP contribution in [0.1, 0.15) is 17.0 Å². The van der Waals surface area contributed by atoms with E-state index < -0.39 is 0 Å². The van der Waals surface area contributed by atoms with Gasteiger partial charge in [-0.15, -0.1) is 0 Å². The summed E-state index contributed by atoms with van der Waals surface area (Å²) in [4.78, 5) is 8.74. The minimum Gasteiger partial charge on any atom is -0.493 e. The second kappa shape index (κ2) is 6.76. The van der Waals surface area contributed by atoms with Gasteiger partial charge in [-0.1, -0.05) is 15.9 Å². The maximum absolute atomic E-state index is 5.33. The normalized spacial score (nSPS) is 10.3. The lowest BCUT2D eigenvalue weighted by Gasteiger charge is -2.13. The molecular weight excluding hydrogens is 334 g/mol. The van der Waals surface area contributed by atoms with Crippen molar-refractivity contribution in [3.05, 3.63) is 39.8 Å². The van der Waals surface area contributed by atoms with Crippen molar-refractivity contribution in [3.8, 4) is 11.5 Å². The number of nitrogens with zero attached hydrogens (tertiary/aromatic N) is 2. The first kappa shape index (κ1) is 15.6. The minimum absolute atomic E-state index is 0.611. The fraction of sp³-hybridized carbons (Fsp3) is 0.333. The number of aromatic nitrogens is 2. The number of hydrogen-bond donors (Lipinski definition) is 1. The van der Waals surface area contributed by atoms with Crippen molar-refractivity contribution in [1.82, 2.24) is 9.97 Å². The van der Waals surface area contributed by atoms with Gasteiger partial charge in [0.25, 0.3) is 0 Å². The van der Waals surface area contributed by atoms with Crippen molar-refractivity contribution in [2.24, 2.45) is 0 Å². The predicted octanol–water partition coefficient (Wildman–Crippen LogP) is 3.49. The Bertz CT molecular complexity index is 647. The van der Waals surface area contributed by atoms with Crippen molar-refractivity contribution >= 4 is 21.7 Å². The highest BCUT2D eigenvalue weighted by atomic mass is 79.9. The summed E-state index contributed by atoms with van der Waals surface area (Å²) in [6.45, 7) is 4.46. The maximum atomic E-state index is 5.33. The quantitative estimate of drug-likeness (QED) is 0.893. The van der Waals surface area contributed by atoms with Gasteiger partial charge >= 0.3 is 0 Å². The third-order valence-corrected chi connectivity index (χ3v) is 3.81. The van der Waals surface area contributed by atoms with E-state index in [1.54, 1.807) is 20.4 Å². The van der Waals surface area contributed by atoms with E-state index in [0.29, 0.717) is 18.0 Å². The number of nitrogens with one attached hydrogen (secondary N) is 1. The molecule has 112 valence electrons. The van der Waals surface area contributed by atoms with Crippen LogP contribution in [0.3, 0.4) is 0 Å². The van der Waals surface area contributed by atoms with E-state index in [1.165, 1.54) is 0 Å². The van der Waals surface area contributed by atoms with Gasteiger partial charge < -0.3 is 14.8 Å². The van der Waals surface area contributed by atoms with Gasteiger partial charge in [0, 0.05) is 17.2 Å². The van der Waals surface area contributed by atoms with Crippen molar-refractivity contribution in [2.45, 2.75) is 20.4 Å². The Morgan fingerprint density at radius 3 is 2.48 bits per heavy atom. The van der Waals surface area contributed by atoms with E-state index in [4.69, 9.17) is 9.47 Å². The van der Waals surface area contributed by atoms with Gasteiger partial charge in [-0.25, -0.2) is 4.98 Å². The molecular formula is C15H18BrN3O2. The number of anilines is 1. The highest BCUT2D eigenvalue weighted by Crippen LogP contribution is 2.33. The molecule has 6 heteroatoms. The van der Waals surface area contributed by atoms with Gasteiger partial charge in [-0.05, 0) is 31.5 Å². The summed E-state index contributed by atoms with van der Waals surface area (Å²) >= 11 is 3.55. The number of ether oxygens (including phenoxy) is 2. The van der Waals surface area contributed by atoms with Crippen molar-refractivity contribution in [1.29, 1.82) is 0 Å². The molecule has 0 spiro atoms. The molecule has 0 atom stereocenters. The van der Waals surface area contributed by atoms with Crippen molar-refractivity contribution in [2.75, 3.05) is 19.5 Å². The molecule has 0 bridgehead atoms. The Hall–Kier alpha value is -1.82. The summed E-state index contributed by atoms with van der Waals surface area (Å²) < 4.78 is 11.5. The van der Waals surface area contributed by atoms with Crippen molar-refractivity contribution in [3.63, 3.8) is 0 Å². The number of benzene rings is 1. The van der Waals surface area contributed by atoms with E-state index in [9.17, 15) is 0 Å². The summed E-state index contributed by atoms with van der Waals surface area (Å²) in [5.74, 6) is 2.18. The third kappa shape index (κ3) is 3.64. The molecule has 1 aromatic carbocycles. The lowest BCUT2D eigenvalue weighted by molar-refractivity contribution is 0.354. The maximum Gasteiger partial charge on any atom is 0.161 e. The Kier molecular flexibility index (Phi) is 5.01. The van der Waals surface area contributed by atoms with E-state index in [-0.39, 0.29) is 0 Å². The monoisotopic (exact) mass is 351 g/mol. The van der Waals surface area contributed by atoms with E-state index in [1.807, 2.05) is 26.0 Å². The number of rotatable bonds is 5. The van der Waals surface area contributed by atoms with Gasteiger partial charge in [0.05, 0.1) is 25.6 Å². The summed E-state index contributed by atoms with van der Waals surface area (Å²) in [5.41, 5.74) is 2.81. The Morgan fingerprint density at radius 1 is 1.14 bits per heavy atom. The summed E-state index contributed by atoms with van der Waals surface area (Å²) in [6.07, 6.45) is 1.76. The smallest absolute Gasteiger partial charge is 0.161 e. The van der Waals surface area contributed by atoms with Crippen molar-refractivity contribution < 1.29 is 9.47 Å². The van der Waals surface area contributed by atoms with E-state index in [0.717, 1.165) is 27.2 Å². The first-order valence-electron chi connectivity index (χ1n) is 6.49. The van der Waals surface area contributed by atoms with Crippen LogP contribution in [0.25, 0.3) is 0 Å². The molecule has 0 aliphatic carbocycles. The molecule has 1 N–H and O–H groups in total. The average Bonchev–Trinajstić information content (AvgIpc) is 2.48. The van der Waals surface area contributed by atoms with Crippen LogP contribution < -0.4 is 14.8 Å². The van der Waals surface area contributed by atoms with Crippen LogP contribution in [-0.2, 0) is 6.54 Å². The third-order valence-electron chi connectivity index (χ3n) is 3.07. The van der Waals surface area contributed by atoms with E-state index in [2.05, 4.69) is 31.2 Å². The molecule has 0 saturated carbocycles. The number of methoxy groups -OCH3 is 2. The molecule has 5 nitrogen and oxygen atoms in total. The summed E-state index contributed by atoms with van der Waals surface area (Å²) in [5, 5.41) is 3.30. The summed E-state index contributed by atoms with van der Waals surface area (Å²) in [6, 6.07) is 3.83. The highest BCUT2D eigenvalue weighted by Gasteiger charge is 2.10. The zero-order chi connectivity index (χ0) is 15.4. The highest BCUT2D eigenvalue weighted by molar-refractivity contribution is 9.10. The SMILES string of the molecule is COc1cc(Br)c(CNc2nc(C)cnc2C)cc1OC. The second-order valence-corrected chi connectivity index (χ2v) is 5.45. The van der Waals surface area contributed by atoms with Crippen LogP contribution in [0.4, 0.5) is 5.82 Å². The lowest BCUT2D eigenvalue weighted by atomic mass is 10.2. The van der Waals surface area contributed by atoms with Crippen LogP contribution in [0, 0.1) is 13.8 Å². The molecule has 1 aromatic heterocycles. The predicted molar refractivity (Wildman–Crippen MR) is 86.1 cm³/mol. The number of halogens is 1. The molecule has 0 unspecified atom stereocenters. The molecule has 0 aliphatic rings. The van der Waals surface area contributed by atoms with E-state index >= 15 is 0 Å². The number of aryl methyl sites for hydroxylation is 2. The number of hydrogen-bond acceptors (Lipinski definition) is 5. The first-order valence-corrected chi connectivity index (χ1v) is 7.29. The van der Waals surface area contributed by atoms with Crippen LogP contribution in [0.5, 0.6) is 11.5 Å². The zero-order valence-corrected chi connectivity index (χ0v) is 14.1. The molecule has 0 fully saturated rings. The molecule has 0 amide bonds. The van der Waals surface area contributed by atoms with Gasteiger partial charge in [-0.2, -0.15) is 0 Å². The molecule has 2 rings (SSSR count). The second-order valence-electron chi connectivity index (χ2n) is 4.60. The molecule has 0 aliphatic heterocycles. The molecule has 0 saturated heterocycles. The Balaban J connectivity index is 2.21. The first-order chi connectivity index (χ1) is 10.0. The molecule has 2 aromatic rings. The Morgan fingerprint density at radius 2 is 1.81 bits per heavy atom. The van der Waals surface area contributed by atoms with Gasteiger partial charge in [0.15, 0.2) is 11.5 Å². The largest absolute Gasteiger partial charge is 0.493 e.